The van der Waals surface area contributed by atoms with Crippen LogP contribution in [0, 0.1) is 0 Å². The van der Waals surface area contributed by atoms with Crippen LogP contribution >= 0.6 is 0 Å². The molecule has 0 aliphatic heterocycles. The Morgan fingerprint density at radius 3 is 1.61 bits per heavy atom. The number of nitrogens with one attached hydrogen (secondary N) is 1. The normalized spacial score (nSPS) is 14.3. The number of amides is 1. The van der Waals surface area contributed by atoms with Crippen LogP contribution < -0.4 is 5.32 Å². The summed E-state index contributed by atoms with van der Waals surface area (Å²) < 4.78 is 5.85. The number of hydrogen-bond donors (Lipinski definition) is 3. The molecule has 0 fully saturated rings. The molecule has 0 aliphatic carbocycles. The number of carbonyl (C=O) groups excluding carboxylic acids is 2. The van der Waals surface area contributed by atoms with Crippen molar-refractivity contribution in [2.75, 3.05) is 6.61 Å². The monoisotopic (exact) mass is 792 g/mol. The minimum Gasteiger partial charge on any atom is -0.462 e. The van der Waals surface area contributed by atoms with E-state index in [1.54, 1.807) is 0 Å². The lowest BCUT2D eigenvalue weighted by Crippen LogP contribution is -2.46. The molecule has 57 heavy (non-hydrogen) atoms. The van der Waals surface area contributed by atoms with Crippen molar-refractivity contribution in [3.8, 4) is 0 Å². The zero-order valence-electron chi connectivity index (χ0n) is 36.7. The van der Waals surface area contributed by atoms with Gasteiger partial charge in [-0.3, -0.25) is 9.59 Å². The summed E-state index contributed by atoms with van der Waals surface area (Å²) in [6.45, 7) is 6.17. The molecule has 3 N–H and O–H groups in total. The summed E-state index contributed by atoms with van der Waals surface area (Å²) >= 11 is 0. The topological polar surface area (TPSA) is 95.9 Å². The fourth-order valence-corrected chi connectivity index (χ4v) is 6.29. The Hall–Kier alpha value is -3.22. The van der Waals surface area contributed by atoms with E-state index >= 15 is 0 Å². The number of aliphatic hydroxyl groups excluding tert-OH is 2. The van der Waals surface area contributed by atoms with Gasteiger partial charge in [-0.05, 0) is 83.5 Å². The van der Waals surface area contributed by atoms with Gasteiger partial charge in [-0.2, -0.15) is 0 Å². The maximum absolute atomic E-state index is 13.1. The first-order chi connectivity index (χ1) is 28.0. The van der Waals surface area contributed by atoms with E-state index < -0.39 is 18.2 Å². The predicted molar refractivity (Wildman–Crippen MR) is 245 cm³/mol. The minimum absolute atomic E-state index is 0.0258. The number of ether oxygens (including phenoxy) is 1. The van der Waals surface area contributed by atoms with Gasteiger partial charge in [0.15, 0.2) is 0 Å². The highest BCUT2D eigenvalue weighted by atomic mass is 16.5. The summed E-state index contributed by atoms with van der Waals surface area (Å²) in [4.78, 5) is 26.0. The van der Waals surface area contributed by atoms with Crippen molar-refractivity contribution in [3.05, 3.63) is 97.2 Å². The SMILES string of the molecule is CC/C=C\C/C=C\C/C=C\C/C=C\C/C=C\CCCC(=O)OC(CCCCC\C=C/C=C/C=C/CC)CC(=O)NC(CO)C(O)CCCCCCCCCCCC. The highest BCUT2D eigenvalue weighted by Gasteiger charge is 2.24. The number of unbranched alkanes of at least 4 members (excludes halogenated alkanes) is 13. The van der Waals surface area contributed by atoms with Gasteiger partial charge in [0.1, 0.15) is 6.10 Å². The molecule has 6 nitrogen and oxygen atoms in total. The van der Waals surface area contributed by atoms with Crippen molar-refractivity contribution in [2.45, 2.75) is 206 Å². The van der Waals surface area contributed by atoms with Gasteiger partial charge >= 0.3 is 5.97 Å². The molecule has 324 valence electrons. The molecule has 0 saturated heterocycles. The number of carbonyl (C=O) groups is 2. The molecule has 1 amide bonds. The van der Waals surface area contributed by atoms with Crippen molar-refractivity contribution >= 4 is 11.9 Å². The molecule has 0 spiro atoms. The Bertz CT molecular complexity index is 1160. The van der Waals surface area contributed by atoms with Crippen LogP contribution in [0.2, 0.25) is 0 Å². The van der Waals surface area contributed by atoms with Crippen LogP contribution in [-0.2, 0) is 14.3 Å². The Kier molecular flexibility index (Phi) is 41.4. The molecule has 0 aliphatic rings. The molecule has 3 atom stereocenters. The Morgan fingerprint density at radius 2 is 1.04 bits per heavy atom. The summed E-state index contributed by atoms with van der Waals surface area (Å²) in [7, 11) is 0. The third-order valence-corrected chi connectivity index (χ3v) is 9.72. The fourth-order valence-electron chi connectivity index (χ4n) is 6.29. The van der Waals surface area contributed by atoms with E-state index in [1.165, 1.54) is 44.9 Å². The largest absolute Gasteiger partial charge is 0.462 e. The van der Waals surface area contributed by atoms with Gasteiger partial charge in [0.25, 0.3) is 0 Å². The number of rotatable bonds is 39. The first kappa shape index (κ1) is 53.8. The number of hydrogen-bond acceptors (Lipinski definition) is 5. The van der Waals surface area contributed by atoms with E-state index in [9.17, 15) is 19.8 Å². The average Bonchev–Trinajstić information content (AvgIpc) is 3.20. The molecule has 3 unspecified atom stereocenters. The lowest BCUT2D eigenvalue weighted by molar-refractivity contribution is -0.151. The van der Waals surface area contributed by atoms with Crippen LogP contribution in [0.5, 0.6) is 0 Å². The first-order valence-electron chi connectivity index (χ1n) is 23.0. The second-order valence-corrected chi connectivity index (χ2v) is 15.1. The number of allylic oxidation sites excluding steroid dienone is 16. The van der Waals surface area contributed by atoms with Crippen molar-refractivity contribution in [1.82, 2.24) is 5.32 Å². The minimum atomic E-state index is -0.810. The molecule has 0 aromatic heterocycles. The van der Waals surface area contributed by atoms with Crippen LogP contribution in [0.15, 0.2) is 97.2 Å². The number of esters is 1. The Labute approximate surface area is 350 Å². The summed E-state index contributed by atoms with van der Waals surface area (Å²) in [6.07, 6.45) is 57.6. The van der Waals surface area contributed by atoms with Crippen molar-refractivity contribution in [3.63, 3.8) is 0 Å². The van der Waals surface area contributed by atoms with Crippen LogP contribution in [0.3, 0.4) is 0 Å². The van der Waals surface area contributed by atoms with Crippen LogP contribution in [0.25, 0.3) is 0 Å². The van der Waals surface area contributed by atoms with Crippen LogP contribution in [0.4, 0.5) is 0 Å². The van der Waals surface area contributed by atoms with Crippen molar-refractivity contribution in [1.29, 1.82) is 0 Å². The van der Waals surface area contributed by atoms with Gasteiger partial charge in [0.2, 0.25) is 5.91 Å². The van der Waals surface area contributed by atoms with E-state index in [4.69, 9.17) is 4.74 Å². The molecular formula is C51H85NO5. The second kappa shape index (κ2) is 43.9. The third kappa shape index (κ3) is 39.4. The van der Waals surface area contributed by atoms with Crippen LogP contribution in [-0.4, -0.2) is 46.9 Å². The average molecular weight is 792 g/mol. The second-order valence-electron chi connectivity index (χ2n) is 15.1. The smallest absolute Gasteiger partial charge is 0.306 e. The summed E-state index contributed by atoms with van der Waals surface area (Å²) in [5.74, 6) is -0.591. The molecule has 0 saturated carbocycles. The highest BCUT2D eigenvalue weighted by Crippen LogP contribution is 2.16. The predicted octanol–water partition coefficient (Wildman–Crippen LogP) is 13.4. The lowest BCUT2D eigenvalue weighted by atomic mass is 10.0. The maximum atomic E-state index is 13.1. The van der Waals surface area contributed by atoms with E-state index in [0.717, 1.165) is 89.9 Å². The van der Waals surface area contributed by atoms with Crippen LogP contribution in [0.1, 0.15) is 188 Å². The van der Waals surface area contributed by atoms with E-state index in [2.05, 4.69) is 111 Å². The lowest BCUT2D eigenvalue weighted by Gasteiger charge is -2.24. The van der Waals surface area contributed by atoms with Gasteiger partial charge in [0.05, 0.1) is 25.2 Å². The number of aliphatic hydroxyl groups is 2. The van der Waals surface area contributed by atoms with Gasteiger partial charge in [0, 0.05) is 6.42 Å². The molecule has 6 heteroatoms. The zero-order valence-corrected chi connectivity index (χ0v) is 36.7. The molecule has 0 aromatic rings. The van der Waals surface area contributed by atoms with Gasteiger partial charge in [-0.15, -0.1) is 0 Å². The first-order valence-corrected chi connectivity index (χ1v) is 23.0. The van der Waals surface area contributed by atoms with E-state index in [1.807, 2.05) is 12.2 Å². The quantitative estimate of drug-likeness (QED) is 0.0249. The summed E-state index contributed by atoms with van der Waals surface area (Å²) in [5, 5.41) is 23.6. The summed E-state index contributed by atoms with van der Waals surface area (Å²) in [6, 6.07) is -0.728. The third-order valence-electron chi connectivity index (χ3n) is 9.72. The highest BCUT2D eigenvalue weighted by molar-refractivity contribution is 5.77. The molecular weight excluding hydrogens is 707 g/mol. The Balaban J connectivity index is 4.73. The van der Waals surface area contributed by atoms with E-state index in [0.29, 0.717) is 25.7 Å². The van der Waals surface area contributed by atoms with E-state index in [-0.39, 0.29) is 24.9 Å². The van der Waals surface area contributed by atoms with Gasteiger partial charge in [-0.25, -0.2) is 0 Å². The molecule has 0 bridgehead atoms. The molecule has 0 aromatic carbocycles. The molecule has 0 heterocycles. The zero-order chi connectivity index (χ0) is 41.7. The van der Waals surface area contributed by atoms with Gasteiger partial charge < -0.3 is 20.3 Å². The standard InChI is InChI=1S/C51H85NO5/c1-4-7-10-13-16-19-22-23-24-25-26-27-29-32-35-38-41-44-51(56)57-47(42-39-36-33-30-28-20-17-14-11-8-5-2)45-50(55)52-48(46-53)49(54)43-40-37-34-31-21-18-15-12-9-6-3/h7-8,10-11,14,16-17,19-20,23-24,26-28,32,35,47-49,53-54H,4-6,9,12-13,15,18,21-22,25,29-31,33-34,36-46H2,1-3H3,(H,52,55)/b10-7-,11-8+,17-14+,19-16-,24-23-,27-26-,28-20-,35-32-. The van der Waals surface area contributed by atoms with Gasteiger partial charge in [-0.1, -0.05) is 189 Å². The Morgan fingerprint density at radius 1 is 0.544 bits per heavy atom. The maximum Gasteiger partial charge on any atom is 0.306 e. The summed E-state index contributed by atoms with van der Waals surface area (Å²) in [5.41, 5.74) is 0. The molecule has 0 rings (SSSR count). The van der Waals surface area contributed by atoms with Crippen molar-refractivity contribution in [2.24, 2.45) is 0 Å². The van der Waals surface area contributed by atoms with Crippen molar-refractivity contribution < 1.29 is 24.5 Å². The fraction of sp³-hybridized carbons (Fsp3) is 0.647. The molecule has 0 radical (unpaired) electrons.